The van der Waals surface area contributed by atoms with Gasteiger partial charge >= 0.3 is 0 Å². The molecule has 0 bridgehead atoms. The highest BCUT2D eigenvalue weighted by molar-refractivity contribution is 5.29. The minimum absolute atomic E-state index is 0.188. The Kier molecular flexibility index (Phi) is 6.72. The fourth-order valence-corrected chi connectivity index (χ4v) is 1.75. The summed E-state index contributed by atoms with van der Waals surface area (Å²) in [6.07, 6.45) is 2.01. The molecule has 0 aliphatic heterocycles. The van der Waals surface area contributed by atoms with Gasteiger partial charge in [0.2, 0.25) is 0 Å². The molecule has 0 amide bonds. The molecule has 1 aromatic rings. The molecule has 0 spiro atoms. The average molecular weight is 251 g/mol. The lowest BCUT2D eigenvalue weighted by Gasteiger charge is -2.19. The van der Waals surface area contributed by atoms with Crippen LogP contribution in [0.1, 0.15) is 31.4 Å². The Bertz CT molecular complexity index is 324. The van der Waals surface area contributed by atoms with Crippen LogP contribution < -0.4 is 16.0 Å². The second-order valence-corrected chi connectivity index (χ2v) is 4.73. The first-order valence-electron chi connectivity index (χ1n) is 6.51. The zero-order valence-corrected chi connectivity index (χ0v) is 11.6. The van der Waals surface area contributed by atoms with E-state index in [0.717, 1.165) is 31.7 Å². The first-order chi connectivity index (χ1) is 8.67. The van der Waals surface area contributed by atoms with Crippen LogP contribution in [-0.4, -0.2) is 32.1 Å². The van der Waals surface area contributed by atoms with Crippen molar-refractivity contribution in [3.63, 3.8) is 0 Å². The minimum Gasteiger partial charge on any atom is -0.494 e. The summed E-state index contributed by atoms with van der Waals surface area (Å²) >= 11 is 0. The first-order valence-corrected chi connectivity index (χ1v) is 6.51. The maximum Gasteiger partial charge on any atom is 0.119 e. The highest BCUT2D eigenvalue weighted by atomic mass is 16.5. The smallest absolute Gasteiger partial charge is 0.119 e. The van der Waals surface area contributed by atoms with Crippen LogP contribution in [0.25, 0.3) is 0 Å². The molecule has 1 rings (SSSR count). The Labute approximate surface area is 110 Å². The normalized spacial score (nSPS) is 12.7. The van der Waals surface area contributed by atoms with Crippen LogP contribution in [0.5, 0.6) is 5.75 Å². The number of hydrazine groups is 1. The maximum absolute atomic E-state index is 5.61. The van der Waals surface area contributed by atoms with Crippen molar-refractivity contribution in [1.82, 2.24) is 10.3 Å². The van der Waals surface area contributed by atoms with E-state index in [4.69, 9.17) is 10.6 Å². The second-order valence-electron chi connectivity index (χ2n) is 4.73. The molecule has 3 N–H and O–H groups in total. The Morgan fingerprint density at radius 1 is 1.28 bits per heavy atom. The molecule has 18 heavy (non-hydrogen) atoms. The van der Waals surface area contributed by atoms with E-state index in [1.54, 1.807) is 0 Å². The van der Waals surface area contributed by atoms with Gasteiger partial charge in [-0.3, -0.25) is 11.3 Å². The van der Waals surface area contributed by atoms with Crippen LogP contribution in [0, 0.1) is 0 Å². The molecule has 4 heteroatoms. The quantitative estimate of drug-likeness (QED) is 0.547. The van der Waals surface area contributed by atoms with Crippen LogP contribution in [0.2, 0.25) is 0 Å². The van der Waals surface area contributed by atoms with Crippen molar-refractivity contribution < 1.29 is 4.74 Å². The molecule has 4 nitrogen and oxygen atoms in total. The van der Waals surface area contributed by atoms with Gasteiger partial charge in [0.05, 0.1) is 6.61 Å². The van der Waals surface area contributed by atoms with Crippen molar-refractivity contribution in [2.45, 2.75) is 25.8 Å². The Morgan fingerprint density at radius 2 is 1.94 bits per heavy atom. The fourth-order valence-electron chi connectivity index (χ4n) is 1.75. The van der Waals surface area contributed by atoms with Gasteiger partial charge in [0, 0.05) is 6.04 Å². The van der Waals surface area contributed by atoms with Crippen LogP contribution in [0.15, 0.2) is 24.3 Å². The Morgan fingerprint density at radius 3 is 2.44 bits per heavy atom. The van der Waals surface area contributed by atoms with E-state index in [-0.39, 0.29) is 6.04 Å². The standard InChI is InChI=1S/C14H25N3O/c1-4-11-18-13-7-5-12(6-8-13)14(16-15)9-10-17(2)3/h5-8,14,16H,4,9-11,15H2,1-3H3. The maximum atomic E-state index is 5.61. The third-order valence-electron chi connectivity index (χ3n) is 2.82. The van der Waals surface area contributed by atoms with Gasteiger partial charge in [-0.15, -0.1) is 0 Å². The van der Waals surface area contributed by atoms with Gasteiger partial charge in [0.15, 0.2) is 0 Å². The van der Waals surface area contributed by atoms with E-state index in [1.807, 2.05) is 12.1 Å². The SMILES string of the molecule is CCCOc1ccc(C(CCN(C)C)NN)cc1. The Hall–Kier alpha value is -1.10. The number of hydrogen-bond acceptors (Lipinski definition) is 4. The van der Waals surface area contributed by atoms with E-state index in [9.17, 15) is 0 Å². The molecule has 0 radical (unpaired) electrons. The highest BCUT2D eigenvalue weighted by Gasteiger charge is 2.09. The minimum atomic E-state index is 0.188. The summed E-state index contributed by atoms with van der Waals surface area (Å²) < 4.78 is 5.56. The molecular weight excluding hydrogens is 226 g/mol. The molecule has 0 saturated heterocycles. The van der Waals surface area contributed by atoms with Crippen LogP contribution in [-0.2, 0) is 0 Å². The zero-order valence-electron chi connectivity index (χ0n) is 11.6. The molecule has 1 atom stereocenters. The molecule has 0 fully saturated rings. The predicted molar refractivity (Wildman–Crippen MR) is 75.5 cm³/mol. The van der Waals surface area contributed by atoms with Gasteiger partial charge in [0.1, 0.15) is 5.75 Å². The van der Waals surface area contributed by atoms with Crippen molar-refractivity contribution in [3.05, 3.63) is 29.8 Å². The molecule has 0 saturated carbocycles. The fraction of sp³-hybridized carbons (Fsp3) is 0.571. The molecule has 1 unspecified atom stereocenters. The molecule has 0 aliphatic rings. The number of hydrogen-bond donors (Lipinski definition) is 2. The summed E-state index contributed by atoms with van der Waals surface area (Å²) in [6.45, 7) is 3.87. The second kappa shape index (κ2) is 8.08. The lowest BCUT2D eigenvalue weighted by molar-refractivity contribution is 0.317. The average Bonchev–Trinajstić information content (AvgIpc) is 2.38. The lowest BCUT2D eigenvalue weighted by atomic mass is 10.0. The van der Waals surface area contributed by atoms with E-state index >= 15 is 0 Å². The van der Waals surface area contributed by atoms with Gasteiger partial charge in [-0.05, 0) is 51.2 Å². The van der Waals surface area contributed by atoms with E-state index < -0.39 is 0 Å². The van der Waals surface area contributed by atoms with Crippen molar-refractivity contribution in [2.24, 2.45) is 5.84 Å². The summed E-state index contributed by atoms with van der Waals surface area (Å²) in [7, 11) is 4.13. The van der Waals surface area contributed by atoms with Gasteiger partial charge in [-0.2, -0.15) is 0 Å². The Balaban J connectivity index is 2.57. The summed E-state index contributed by atoms with van der Waals surface area (Å²) in [5, 5.41) is 0. The van der Waals surface area contributed by atoms with Crippen LogP contribution >= 0.6 is 0 Å². The summed E-state index contributed by atoms with van der Waals surface area (Å²) in [4.78, 5) is 2.16. The number of nitrogens with zero attached hydrogens (tertiary/aromatic N) is 1. The van der Waals surface area contributed by atoms with Gasteiger partial charge in [0.25, 0.3) is 0 Å². The molecule has 0 heterocycles. The van der Waals surface area contributed by atoms with E-state index in [2.05, 4.69) is 43.5 Å². The topological polar surface area (TPSA) is 50.5 Å². The van der Waals surface area contributed by atoms with Gasteiger partial charge in [-0.25, -0.2) is 0 Å². The zero-order chi connectivity index (χ0) is 13.4. The van der Waals surface area contributed by atoms with Gasteiger partial charge < -0.3 is 9.64 Å². The summed E-state index contributed by atoms with van der Waals surface area (Å²) in [5.41, 5.74) is 4.07. The monoisotopic (exact) mass is 251 g/mol. The van der Waals surface area contributed by atoms with Crippen LogP contribution in [0.3, 0.4) is 0 Å². The first kappa shape index (κ1) is 15.0. The molecule has 1 aromatic carbocycles. The predicted octanol–water partition coefficient (Wildman–Crippen LogP) is 1.93. The molecule has 102 valence electrons. The highest BCUT2D eigenvalue weighted by Crippen LogP contribution is 2.20. The van der Waals surface area contributed by atoms with Crippen LogP contribution in [0.4, 0.5) is 0 Å². The van der Waals surface area contributed by atoms with Crippen molar-refractivity contribution >= 4 is 0 Å². The van der Waals surface area contributed by atoms with Crippen molar-refractivity contribution in [3.8, 4) is 5.75 Å². The van der Waals surface area contributed by atoms with Gasteiger partial charge in [-0.1, -0.05) is 19.1 Å². The number of nitrogens with one attached hydrogen (secondary N) is 1. The number of nitrogens with two attached hydrogens (primary N) is 1. The number of rotatable bonds is 8. The molecular formula is C14H25N3O. The third-order valence-corrected chi connectivity index (χ3v) is 2.82. The summed E-state index contributed by atoms with van der Waals surface area (Å²) in [5.74, 6) is 6.53. The van der Waals surface area contributed by atoms with Crippen molar-refractivity contribution in [2.75, 3.05) is 27.2 Å². The molecule has 0 aromatic heterocycles. The van der Waals surface area contributed by atoms with Crippen molar-refractivity contribution in [1.29, 1.82) is 0 Å². The van der Waals surface area contributed by atoms with E-state index in [1.165, 1.54) is 5.56 Å². The number of ether oxygens (including phenoxy) is 1. The third kappa shape index (κ3) is 5.04. The largest absolute Gasteiger partial charge is 0.494 e. The lowest BCUT2D eigenvalue weighted by Crippen LogP contribution is -2.30. The number of benzene rings is 1. The summed E-state index contributed by atoms with van der Waals surface area (Å²) in [6, 6.07) is 8.35. The molecule has 0 aliphatic carbocycles. The van der Waals surface area contributed by atoms with E-state index in [0.29, 0.717) is 0 Å².